The van der Waals surface area contributed by atoms with Crippen molar-refractivity contribution >= 4 is 23.4 Å². The Hall–Kier alpha value is -3.19. The number of benzene rings is 2. The molecule has 0 amide bonds. The topological polar surface area (TPSA) is 73.5 Å². The highest BCUT2D eigenvalue weighted by atomic mass is 16.4. The first-order valence-electron chi connectivity index (χ1n) is 6.24. The molecule has 0 aliphatic carbocycles. The van der Waals surface area contributed by atoms with E-state index in [1.807, 2.05) is 30.3 Å². The van der Waals surface area contributed by atoms with E-state index in [2.05, 4.69) is 11.1 Å². The molecule has 0 fully saturated rings. The molecule has 0 saturated heterocycles. The number of aliphatic imine (C=N–C) groups is 1. The number of carbonyl (C=O) groups is 1. The fourth-order valence-electron chi connectivity index (χ4n) is 1.71. The first kappa shape index (κ1) is 14.2. The van der Waals surface area contributed by atoms with E-state index in [4.69, 9.17) is 5.11 Å². The number of nitriles is 1. The monoisotopic (exact) mass is 276 g/mol. The summed E-state index contributed by atoms with van der Waals surface area (Å²) in [5, 5.41) is 17.7. The highest BCUT2D eigenvalue weighted by Gasteiger charge is 2.01. The van der Waals surface area contributed by atoms with Gasteiger partial charge in [0.05, 0.1) is 5.69 Å². The summed E-state index contributed by atoms with van der Waals surface area (Å²) in [6.07, 6.45) is 2.57. The van der Waals surface area contributed by atoms with E-state index in [9.17, 15) is 10.1 Å². The average Bonchev–Trinajstić information content (AvgIpc) is 2.52. The average molecular weight is 276 g/mol. The van der Waals surface area contributed by atoms with Gasteiger partial charge in [0.25, 0.3) is 0 Å². The SMILES string of the molecule is N#CC(=Nc1ccc(C=CC(=O)O)cc1)c1ccccc1. The standard InChI is InChI=1S/C17H12N2O2/c18-12-16(14-4-2-1-3-5-14)19-15-9-6-13(7-10-15)8-11-17(20)21/h1-11H,(H,20,21). The van der Waals surface area contributed by atoms with E-state index in [1.165, 1.54) is 6.08 Å². The minimum Gasteiger partial charge on any atom is -0.478 e. The van der Waals surface area contributed by atoms with Crippen LogP contribution >= 0.6 is 0 Å². The molecule has 2 aromatic carbocycles. The lowest BCUT2D eigenvalue weighted by Crippen LogP contribution is -1.95. The molecule has 2 aromatic rings. The van der Waals surface area contributed by atoms with Crippen LogP contribution in [-0.2, 0) is 4.79 Å². The third-order valence-electron chi connectivity index (χ3n) is 2.71. The second-order valence-electron chi connectivity index (χ2n) is 4.20. The van der Waals surface area contributed by atoms with Crippen LogP contribution in [0.25, 0.3) is 6.08 Å². The second-order valence-corrected chi connectivity index (χ2v) is 4.20. The van der Waals surface area contributed by atoms with Gasteiger partial charge < -0.3 is 5.11 Å². The van der Waals surface area contributed by atoms with Gasteiger partial charge in [0.2, 0.25) is 0 Å². The first-order chi connectivity index (χ1) is 10.2. The Kier molecular flexibility index (Phi) is 4.62. The van der Waals surface area contributed by atoms with Crippen LogP contribution in [0.5, 0.6) is 0 Å². The molecule has 0 bridgehead atoms. The third-order valence-corrected chi connectivity index (χ3v) is 2.71. The molecule has 0 unspecified atom stereocenters. The Morgan fingerprint density at radius 1 is 1.10 bits per heavy atom. The Labute approximate surface area is 122 Å². The predicted octanol–water partition coefficient (Wildman–Crippen LogP) is 3.43. The molecule has 0 aromatic heterocycles. The number of nitrogens with zero attached hydrogens (tertiary/aromatic N) is 2. The molecule has 1 N–H and O–H groups in total. The molecule has 0 spiro atoms. The van der Waals surface area contributed by atoms with Crippen LogP contribution in [0.2, 0.25) is 0 Å². The molecule has 0 heterocycles. The second kappa shape index (κ2) is 6.83. The number of carboxylic acid groups (broad SMARTS) is 1. The zero-order valence-electron chi connectivity index (χ0n) is 11.1. The van der Waals surface area contributed by atoms with Crippen LogP contribution < -0.4 is 0 Å². The lowest BCUT2D eigenvalue weighted by atomic mass is 10.1. The third kappa shape index (κ3) is 4.15. The van der Waals surface area contributed by atoms with Crippen molar-refractivity contribution in [1.29, 1.82) is 5.26 Å². The Morgan fingerprint density at radius 2 is 1.76 bits per heavy atom. The molecule has 102 valence electrons. The lowest BCUT2D eigenvalue weighted by Gasteiger charge is -1.99. The van der Waals surface area contributed by atoms with Crippen molar-refractivity contribution in [3.05, 3.63) is 71.8 Å². The zero-order chi connectivity index (χ0) is 15.1. The maximum atomic E-state index is 10.4. The summed E-state index contributed by atoms with van der Waals surface area (Å²) in [7, 11) is 0. The predicted molar refractivity (Wildman–Crippen MR) is 81.4 cm³/mol. The Balaban J connectivity index is 2.24. The van der Waals surface area contributed by atoms with Crippen LogP contribution in [-0.4, -0.2) is 16.8 Å². The van der Waals surface area contributed by atoms with Crippen LogP contribution in [0.1, 0.15) is 11.1 Å². The number of hydrogen-bond acceptors (Lipinski definition) is 3. The summed E-state index contributed by atoms with van der Waals surface area (Å²) < 4.78 is 0. The van der Waals surface area contributed by atoms with Crippen LogP contribution in [0.4, 0.5) is 5.69 Å². The first-order valence-corrected chi connectivity index (χ1v) is 6.24. The molecular formula is C17H12N2O2. The van der Waals surface area contributed by atoms with Gasteiger partial charge in [-0.1, -0.05) is 42.5 Å². The summed E-state index contributed by atoms with van der Waals surface area (Å²) >= 11 is 0. The van der Waals surface area contributed by atoms with Gasteiger partial charge in [-0.25, -0.2) is 9.79 Å². The highest BCUT2D eigenvalue weighted by Crippen LogP contribution is 2.16. The molecule has 0 aliphatic rings. The van der Waals surface area contributed by atoms with Gasteiger partial charge in [0.1, 0.15) is 11.8 Å². The summed E-state index contributed by atoms with van der Waals surface area (Å²) in [5.41, 5.74) is 2.50. The molecule has 4 nitrogen and oxygen atoms in total. The number of aliphatic carboxylic acids is 1. The smallest absolute Gasteiger partial charge is 0.328 e. The van der Waals surface area contributed by atoms with Gasteiger partial charge in [-0.3, -0.25) is 0 Å². The fraction of sp³-hybridized carbons (Fsp3) is 0. The van der Waals surface area contributed by atoms with Crippen LogP contribution in [0.15, 0.2) is 65.7 Å². The maximum absolute atomic E-state index is 10.4. The maximum Gasteiger partial charge on any atom is 0.328 e. The van der Waals surface area contributed by atoms with Crippen molar-refractivity contribution in [3.8, 4) is 6.07 Å². The molecule has 4 heteroatoms. The van der Waals surface area contributed by atoms with Crippen LogP contribution in [0.3, 0.4) is 0 Å². The zero-order valence-corrected chi connectivity index (χ0v) is 11.1. The van der Waals surface area contributed by atoms with Crippen molar-refractivity contribution in [2.75, 3.05) is 0 Å². The van der Waals surface area contributed by atoms with Gasteiger partial charge >= 0.3 is 5.97 Å². The molecule has 2 rings (SSSR count). The van der Waals surface area contributed by atoms with Crippen molar-refractivity contribution < 1.29 is 9.90 Å². The van der Waals surface area contributed by atoms with Gasteiger partial charge in [0.15, 0.2) is 0 Å². The molecule has 0 atom stereocenters. The van der Waals surface area contributed by atoms with Gasteiger partial charge in [-0.2, -0.15) is 5.26 Å². The minimum absolute atomic E-state index is 0.337. The van der Waals surface area contributed by atoms with Crippen molar-refractivity contribution in [2.45, 2.75) is 0 Å². The highest BCUT2D eigenvalue weighted by molar-refractivity contribution is 6.12. The van der Waals surface area contributed by atoms with E-state index in [-0.39, 0.29) is 0 Å². The van der Waals surface area contributed by atoms with Crippen molar-refractivity contribution in [1.82, 2.24) is 0 Å². The van der Waals surface area contributed by atoms with Gasteiger partial charge in [0, 0.05) is 11.6 Å². The summed E-state index contributed by atoms with van der Waals surface area (Å²) in [4.78, 5) is 14.7. The van der Waals surface area contributed by atoms with Crippen molar-refractivity contribution in [2.24, 2.45) is 4.99 Å². The van der Waals surface area contributed by atoms with E-state index >= 15 is 0 Å². The molecular weight excluding hydrogens is 264 g/mol. The Morgan fingerprint density at radius 3 is 2.33 bits per heavy atom. The lowest BCUT2D eigenvalue weighted by molar-refractivity contribution is -0.131. The Bertz CT molecular complexity index is 724. The quantitative estimate of drug-likeness (QED) is 0.686. The molecule has 0 radical (unpaired) electrons. The molecule has 0 saturated carbocycles. The minimum atomic E-state index is -0.993. The van der Waals surface area contributed by atoms with Gasteiger partial charge in [-0.05, 0) is 23.8 Å². The fourth-order valence-corrected chi connectivity index (χ4v) is 1.71. The summed E-state index contributed by atoms with van der Waals surface area (Å²) in [6.45, 7) is 0. The summed E-state index contributed by atoms with van der Waals surface area (Å²) in [6, 6.07) is 18.3. The molecule has 0 aliphatic heterocycles. The largest absolute Gasteiger partial charge is 0.478 e. The molecule has 21 heavy (non-hydrogen) atoms. The van der Waals surface area contributed by atoms with Gasteiger partial charge in [-0.15, -0.1) is 0 Å². The van der Waals surface area contributed by atoms with E-state index in [0.29, 0.717) is 11.4 Å². The normalized spacial score (nSPS) is 11.3. The van der Waals surface area contributed by atoms with Crippen molar-refractivity contribution in [3.63, 3.8) is 0 Å². The van der Waals surface area contributed by atoms with E-state index < -0.39 is 5.97 Å². The van der Waals surface area contributed by atoms with E-state index in [0.717, 1.165) is 17.2 Å². The number of carboxylic acids is 1. The number of rotatable bonds is 4. The summed E-state index contributed by atoms with van der Waals surface area (Å²) in [5.74, 6) is -0.993. The number of hydrogen-bond donors (Lipinski definition) is 1. The van der Waals surface area contributed by atoms with Crippen LogP contribution in [0, 0.1) is 11.3 Å². The van der Waals surface area contributed by atoms with E-state index in [1.54, 1.807) is 24.3 Å².